The van der Waals surface area contributed by atoms with Gasteiger partial charge in [-0.25, -0.2) is 12.8 Å². The minimum Gasteiger partial charge on any atom is -0.497 e. The van der Waals surface area contributed by atoms with Gasteiger partial charge < -0.3 is 14.5 Å². The SMILES string of the molecule is COc1ccc(N2CCN(C(=O)c3ccc(NS(=O)(=O)c4cccc5cccnc45)cc3)CC2)c(F)c1. The van der Waals surface area contributed by atoms with Crippen molar-refractivity contribution in [3.63, 3.8) is 0 Å². The fourth-order valence-corrected chi connectivity index (χ4v) is 5.63. The lowest BCUT2D eigenvalue weighted by Crippen LogP contribution is -2.49. The van der Waals surface area contributed by atoms with Crippen LogP contribution in [0.1, 0.15) is 10.4 Å². The van der Waals surface area contributed by atoms with E-state index in [0.29, 0.717) is 54.4 Å². The summed E-state index contributed by atoms with van der Waals surface area (Å²) >= 11 is 0. The molecule has 37 heavy (non-hydrogen) atoms. The number of rotatable bonds is 6. The number of anilines is 2. The normalized spacial score (nSPS) is 14.0. The summed E-state index contributed by atoms with van der Waals surface area (Å²) in [6.45, 7) is 1.86. The predicted molar refractivity (Wildman–Crippen MR) is 140 cm³/mol. The Morgan fingerprint density at radius 3 is 2.41 bits per heavy atom. The van der Waals surface area contributed by atoms with E-state index >= 15 is 0 Å². The molecule has 1 aromatic heterocycles. The predicted octanol–water partition coefficient (Wildman–Crippen LogP) is 4.15. The number of amides is 1. The number of methoxy groups -OCH3 is 1. The number of fused-ring (bicyclic) bond motifs is 1. The van der Waals surface area contributed by atoms with Crippen LogP contribution in [0.15, 0.2) is 83.9 Å². The third kappa shape index (κ3) is 5.05. The number of sulfonamides is 1. The summed E-state index contributed by atoms with van der Waals surface area (Å²) in [5, 5.41) is 0.723. The molecular formula is C27H25FN4O4S. The number of carbonyl (C=O) groups excluding carboxylic acids is 1. The van der Waals surface area contributed by atoms with E-state index in [-0.39, 0.29) is 16.6 Å². The van der Waals surface area contributed by atoms with Crippen LogP contribution in [0, 0.1) is 5.82 Å². The summed E-state index contributed by atoms with van der Waals surface area (Å²) in [6.07, 6.45) is 1.55. The minimum atomic E-state index is -3.89. The summed E-state index contributed by atoms with van der Waals surface area (Å²) < 4.78 is 48.1. The summed E-state index contributed by atoms with van der Waals surface area (Å²) in [5.41, 5.74) is 1.65. The van der Waals surface area contributed by atoms with Gasteiger partial charge in [0.2, 0.25) is 0 Å². The van der Waals surface area contributed by atoms with Crippen molar-refractivity contribution in [3.05, 3.63) is 90.4 Å². The van der Waals surface area contributed by atoms with E-state index in [9.17, 15) is 17.6 Å². The molecule has 1 amide bonds. The highest BCUT2D eigenvalue weighted by molar-refractivity contribution is 7.93. The number of aromatic nitrogens is 1. The van der Waals surface area contributed by atoms with Crippen molar-refractivity contribution in [1.29, 1.82) is 0 Å². The molecule has 10 heteroatoms. The van der Waals surface area contributed by atoms with E-state index in [1.807, 2.05) is 4.90 Å². The number of carbonyl (C=O) groups is 1. The molecule has 1 N–H and O–H groups in total. The maximum absolute atomic E-state index is 14.4. The van der Waals surface area contributed by atoms with Crippen LogP contribution in [0.5, 0.6) is 5.75 Å². The molecule has 0 atom stereocenters. The maximum atomic E-state index is 14.4. The van der Waals surface area contributed by atoms with Crippen molar-refractivity contribution in [2.75, 3.05) is 42.9 Å². The molecule has 0 bridgehead atoms. The lowest BCUT2D eigenvalue weighted by atomic mass is 10.1. The first-order chi connectivity index (χ1) is 17.9. The van der Waals surface area contributed by atoms with Crippen molar-refractivity contribution in [3.8, 4) is 5.75 Å². The van der Waals surface area contributed by atoms with E-state index < -0.39 is 10.0 Å². The molecule has 1 aliphatic heterocycles. The molecule has 0 saturated carbocycles. The van der Waals surface area contributed by atoms with Gasteiger partial charge in [-0.3, -0.25) is 14.5 Å². The molecular weight excluding hydrogens is 495 g/mol. The first kappa shape index (κ1) is 24.5. The molecule has 1 fully saturated rings. The molecule has 1 saturated heterocycles. The number of para-hydroxylation sites is 1. The summed E-state index contributed by atoms with van der Waals surface area (Å²) in [5.74, 6) is -0.0754. The Balaban J connectivity index is 1.24. The smallest absolute Gasteiger partial charge is 0.264 e. The number of piperazine rings is 1. The number of halogens is 1. The zero-order chi connectivity index (χ0) is 26.0. The number of hydrogen-bond acceptors (Lipinski definition) is 6. The Kier molecular flexibility index (Phi) is 6.66. The Bertz CT molecular complexity index is 1550. The molecule has 1 aliphatic rings. The van der Waals surface area contributed by atoms with Gasteiger partial charge >= 0.3 is 0 Å². The van der Waals surface area contributed by atoms with Gasteiger partial charge in [-0.05, 0) is 48.5 Å². The van der Waals surface area contributed by atoms with Gasteiger partial charge in [0.1, 0.15) is 16.5 Å². The van der Waals surface area contributed by atoms with E-state index in [2.05, 4.69) is 9.71 Å². The maximum Gasteiger partial charge on any atom is 0.264 e. The average Bonchev–Trinajstić information content (AvgIpc) is 2.92. The number of nitrogens with one attached hydrogen (secondary N) is 1. The second-order valence-electron chi connectivity index (χ2n) is 8.61. The minimum absolute atomic E-state index is 0.0805. The lowest BCUT2D eigenvalue weighted by Gasteiger charge is -2.36. The third-order valence-electron chi connectivity index (χ3n) is 6.33. The summed E-state index contributed by atoms with van der Waals surface area (Å²) in [4.78, 5) is 20.9. The lowest BCUT2D eigenvalue weighted by molar-refractivity contribution is 0.0746. The molecule has 8 nitrogen and oxygen atoms in total. The van der Waals surface area contributed by atoms with Crippen molar-refractivity contribution in [2.24, 2.45) is 0 Å². The van der Waals surface area contributed by atoms with Crippen LogP contribution >= 0.6 is 0 Å². The van der Waals surface area contributed by atoms with Crippen LogP contribution in [0.25, 0.3) is 10.9 Å². The van der Waals surface area contributed by atoms with Crippen molar-refractivity contribution in [1.82, 2.24) is 9.88 Å². The molecule has 0 spiro atoms. The number of pyridine rings is 1. The van der Waals surface area contributed by atoms with Gasteiger partial charge in [-0.2, -0.15) is 0 Å². The summed E-state index contributed by atoms with van der Waals surface area (Å²) in [7, 11) is -2.40. The van der Waals surface area contributed by atoms with E-state index in [4.69, 9.17) is 4.74 Å². The van der Waals surface area contributed by atoms with Crippen LogP contribution in [0.3, 0.4) is 0 Å². The molecule has 5 rings (SSSR count). The number of nitrogens with zero attached hydrogens (tertiary/aromatic N) is 3. The van der Waals surface area contributed by atoms with E-state index in [1.165, 1.54) is 19.2 Å². The first-order valence-corrected chi connectivity index (χ1v) is 13.2. The Morgan fingerprint density at radius 2 is 1.70 bits per heavy atom. The van der Waals surface area contributed by atoms with Crippen LogP contribution in [0.2, 0.25) is 0 Å². The van der Waals surface area contributed by atoms with E-state index in [1.54, 1.807) is 71.8 Å². The fraction of sp³-hybridized carbons (Fsp3) is 0.185. The second kappa shape index (κ2) is 10.1. The average molecular weight is 521 g/mol. The quantitative estimate of drug-likeness (QED) is 0.411. The van der Waals surface area contributed by atoms with Gasteiger partial charge in [-0.1, -0.05) is 18.2 Å². The zero-order valence-electron chi connectivity index (χ0n) is 20.1. The van der Waals surface area contributed by atoms with Gasteiger partial charge in [0.05, 0.1) is 18.3 Å². The number of benzene rings is 3. The zero-order valence-corrected chi connectivity index (χ0v) is 20.9. The topological polar surface area (TPSA) is 91.8 Å². The van der Waals surface area contributed by atoms with E-state index in [0.717, 1.165) is 5.39 Å². The van der Waals surface area contributed by atoms with Gasteiger partial charge in [-0.15, -0.1) is 0 Å². The summed E-state index contributed by atoms with van der Waals surface area (Å²) in [6, 6.07) is 19.6. The molecule has 4 aromatic rings. The largest absolute Gasteiger partial charge is 0.497 e. The van der Waals surface area contributed by atoms with Crippen LogP contribution in [0.4, 0.5) is 15.8 Å². The third-order valence-corrected chi connectivity index (χ3v) is 7.74. The van der Waals surface area contributed by atoms with Gasteiger partial charge in [0.25, 0.3) is 15.9 Å². The molecule has 190 valence electrons. The van der Waals surface area contributed by atoms with Crippen molar-refractivity contribution in [2.45, 2.75) is 4.90 Å². The molecule has 2 heterocycles. The Hall–Kier alpha value is -4.18. The second-order valence-corrected chi connectivity index (χ2v) is 10.3. The molecule has 0 radical (unpaired) electrons. The van der Waals surface area contributed by atoms with Crippen LogP contribution in [-0.4, -0.2) is 57.5 Å². The highest BCUT2D eigenvalue weighted by Gasteiger charge is 2.24. The van der Waals surface area contributed by atoms with Crippen LogP contribution in [-0.2, 0) is 10.0 Å². The molecule has 3 aromatic carbocycles. The van der Waals surface area contributed by atoms with Gasteiger partial charge in [0.15, 0.2) is 0 Å². The molecule has 0 aliphatic carbocycles. The van der Waals surface area contributed by atoms with Crippen molar-refractivity contribution >= 4 is 38.2 Å². The number of hydrogen-bond donors (Lipinski definition) is 1. The van der Waals surface area contributed by atoms with Gasteiger partial charge in [0, 0.05) is 55.1 Å². The standard InChI is InChI=1S/C27H25FN4O4S/c1-36-22-11-12-24(23(28)18-22)31-14-16-32(17-15-31)27(33)20-7-9-21(10-8-20)30-37(34,35)25-6-2-4-19-5-3-13-29-26(19)25/h2-13,18,30H,14-17H2,1H3. The van der Waals surface area contributed by atoms with Crippen LogP contribution < -0.4 is 14.4 Å². The van der Waals surface area contributed by atoms with Crippen molar-refractivity contribution < 1.29 is 22.3 Å². The Morgan fingerprint density at radius 1 is 0.973 bits per heavy atom. The fourth-order valence-electron chi connectivity index (χ4n) is 4.39. The molecule has 0 unspecified atom stereocenters. The highest BCUT2D eigenvalue weighted by atomic mass is 32.2. The first-order valence-electron chi connectivity index (χ1n) is 11.7. The monoisotopic (exact) mass is 520 g/mol. The Labute approximate surface area is 214 Å². The number of ether oxygens (including phenoxy) is 1. The highest BCUT2D eigenvalue weighted by Crippen LogP contribution is 2.26.